The molecule has 24 heavy (non-hydrogen) atoms. The van der Waals surface area contributed by atoms with E-state index in [2.05, 4.69) is 53.8 Å². The molecule has 3 heteroatoms. The van der Waals surface area contributed by atoms with Gasteiger partial charge in [0.25, 0.3) is 0 Å². The Morgan fingerprint density at radius 1 is 0.750 bits per heavy atom. The highest BCUT2D eigenvalue weighted by Gasteiger charge is 2.00. The molecule has 0 heterocycles. The van der Waals surface area contributed by atoms with E-state index in [0.717, 1.165) is 24.4 Å². The number of hydrogen-bond donors (Lipinski definition) is 2. The van der Waals surface area contributed by atoms with Crippen molar-refractivity contribution in [1.82, 2.24) is 5.32 Å². The number of phenolic OH excluding ortho intramolecular Hbond substituents is 1. The van der Waals surface area contributed by atoms with Crippen LogP contribution in [0.3, 0.4) is 0 Å². The average molecular weight is 335 g/mol. The van der Waals surface area contributed by atoms with Gasteiger partial charge in [0.2, 0.25) is 0 Å². The van der Waals surface area contributed by atoms with E-state index in [4.69, 9.17) is 0 Å². The normalized spacial score (nSPS) is 10.7. The average Bonchev–Trinajstić information content (AvgIpc) is 2.61. The number of nitrogens with one attached hydrogen (secondary N) is 1. The highest BCUT2D eigenvalue weighted by molar-refractivity contribution is 7.99. The van der Waals surface area contributed by atoms with Crippen LogP contribution in [-0.2, 0) is 13.0 Å². The van der Waals surface area contributed by atoms with Gasteiger partial charge >= 0.3 is 0 Å². The lowest BCUT2D eigenvalue weighted by Gasteiger charge is -2.07. The molecule has 0 aliphatic rings. The predicted molar refractivity (Wildman–Crippen MR) is 101 cm³/mol. The molecule has 2 nitrogen and oxygen atoms in total. The van der Waals surface area contributed by atoms with Crippen LogP contribution in [0.2, 0.25) is 0 Å². The molecule has 122 valence electrons. The number of aromatic hydroxyl groups is 1. The SMILES string of the molecule is Oc1cccc(Sc2ccc(CCNCc3ccccc3)cc2)c1. The van der Waals surface area contributed by atoms with Crippen LogP contribution < -0.4 is 5.32 Å². The van der Waals surface area contributed by atoms with Crippen LogP contribution in [0.5, 0.6) is 5.75 Å². The summed E-state index contributed by atoms with van der Waals surface area (Å²) in [6.07, 6.45) is 1.02. The van der Waals surface area contributed by atoms with Crippen LogP contribution in [-0.4, -0.2) is 11.7 Å². The highest BCUT2D eigenvalue weighted by atomic mass is 32.2. The van der Waals surface area contributed by atoms with Crippen LogP contribution in [0.25, 0.3) is 0 Å². The lowest BCUT2D eigenvalue weighted by atomic mass is 10.1. The molecular formula is C21H21NOS. The fraction of sp³-hybridized carbons (Fsp3) is 0.143. The second-order valence-corrected chi connectivity index (χ2v) is 6.80. The molecule has 0 spiro atoms. The van der Waals surface area contributed by atoms with Crippen molar-refractivity contribution in [1.29, 1.82) is 0 Å². The first-order chi connectivity index (χ1) is 11.8. The quantitative estimate of drug-likeness (QED) is 0.604. The third kappa shape index (κ3) is 5.15. The Morgan fingerprint density at radius 3 is 2.29 bits per heavy atom. The maximum atomic E-state index is 9.52. The summed E-state index contributed by atoms with van der Waals surface area (Å²) in [6.45, 7) is 1.88. The minimum Gasteiger partial charge on any atom is -0.508 e. The zero-order chi connectivity index (χ0) is 16.6. The molecule has 0 unspecified atom stereocenters. The lowest BCUT2D eigenvalue weighted by Crippen LogP contribution is -2.16. The molecule has 0 saturated heterocycles. The van der Waals surface area contributed by atoms with Gasteiger partial charge in [0.05, 0.1) is 0 Å². The number of hydrogen-bond acceptors (Lipinski definition) is 3. The van der Waals surface area contributed by atoms with E-state index >= 15 is 0 Å². The molecule has 0 aliphatic heterocycles. The van der Waals surface area contributed by atoms with Crippen LogP contribution in [0.1, 0.15) is 11.1 Å². The molecule has 0 amide bonds. The Bertz CT molecular complexity index is 756. The summed E-state index contributed by atoms with van der Waals surface area (Å²) in [7, 11) is 0. The Labute approximate surface area is 147 Å². The lowest BCUT2D eigenvalue weighted by molar-refractivity contribution is 0.474. The van der Waals surface area contributed by atoms with Gasteiger partial charge in [-0.05, 0) is 54.4 Å². The summed E-state index contributed by atoms with van der Waals surface area (Å²) in [5.41, 5.74) is 2.64. The van der Waals surface area contributed by atoms with E-state index in [0.29, 0.717) is 5.75 Å². The van der Waals surface area contributed by atoms with Gasteiger partial charge in [-0.2, -0.15) is 0 Å². The smallest absolute Gasteiger partial charge is 0.116 e. The second-order valence-electron chi connectivity index (χ2n) is 5.66. The molecule has 0 bridgehead atoms. The number of rotatable bonds is 7. The largest absolute Gasteiger partial charge is 0.508 e. The highest BCUT2D eigenvalue weighted by Crippen LogP contribution is 2.29. The fourth-order valence-corrected chi connectivity index (χ4v) is 3.34. The molecule has 0 fully saturated rings. The van der Waals surface area contributed by atoms with E-state index in [1.807, 2.05) is 18.2 Å². The Morgan fingerprint density at radius 2 is 1.54 bits per heavy atom. The van der Waals surface area contributed by atoms with Crippen LogP contribution in [0.15, 0.2) is 88.7 Å². The van der Waals surface area contributed by atoms with Crippen LogP contribution in [0.4, 0.5) is 0 Å². The summed E-state index contributed by atoms with van der Waals surface area (Å²) >= 11 is 1.66. The Balaban J connectivity index is 1.46. The number of phenols is 1. The Hall–Kier alpha value is -2.23. The van der Waals surface area contributed by atoms with Gasteiger partial charge in [0.15, 0.2) is 0 Å². The van der Waals surface area contributed by atoms with Gasteiger partial charge in [-0.25, -0.2) is 0 Å². The summed E-state index contributed by atoms with van der Waals surface area (Å²) < 4.78 is 0. The van der Waals surface area contributed by atoms with Gasteiger partial charge in [0.1, 0.15) is 5.75 Å². The molecule has 3 aromatic rings. The predicted octanol–water partition coefficient (Wildman–Crippen LogP) is 4.88. The molecule has 0 aliphatic carbocycles. The molecule has 3 rings (SSSR count). The monoisotopic (exact) mass is 335 g/mol. The van der Waals surface area contributed by atoms with Gasteiger partial charge in [-0.3, -0.25) is 0 Å². The molecule has 2 N–H and O–H groups in total. The maximum absolute atomic E-state index is 9.52. The topological polar surface area (TPSA) is 32.3 Å². The van der Waals surface area contributed by atoms with Gasteiger partial charge < -0.3 is 10.4 Å². The van der Waals surface area contributed by atoms with Crippen molar-refractivity contribution in [3.8, 4) is 5.75 Å². The van der Waals surface area contributed by atoms with E-state index in [-0.39, 0.29) is 0 Å². The van der Waals surface area contributed by atoms with Crippen LogP contribution >= 0.6 is 11.8 Å². The van der Waals surface area contributed by atoms with E-state index in [1.165, 1.54) is 16.0 Å². The molecule has 0 radical (unpaired) electrons. The van der Waals surface area contributed by atoms with Gasteiger partial charge in [0, 0.05) is 16.3 Å². The number of benzene rings is 3. The minimum atomic E-state index is 0.307. The van der Waals surface area contributed by atoms with Crippen molar-refractivity contribution in [2.45, 2.75) is 22.8 Å². The Kier molecular flexibility index (Phi) is 5.94. The third-order valence-electron chi connectivity index (χ3n) is 3.74. The first-order valence-corrected chi connectivity index (χ1v) is 8.92. The van der Waals surface area contributed by atoms with Crippen LogP contribution in [0, 0.1) is 0 Å². The zero-order valence-corrected chi connectivity index (χ0v) is 14.3. The van der Waals surface area contributed by atoms with Crippen molar-refractivity contribution in [2.75, 3.05) is 6.54 Å². The summed E-state index contributed by atoms with van der Waals surface area (Å²) in [5, 5.41) is 13.0. The minimum absolute atomic E-state index is 0.307. The zero-order valence-electron chi connectivity index (χ0n) is 13.5. The first-order valence-electron chi connectivity index (χ1n) is 8.10. The molecule has 0 atom stereocenters. The molecular weight excluding hydrogens is 314 g/mol. The second kappa shape index (κ2) is 8.57. The summed E-state index contributed by atoms with van der Waals surface area (Å²) in [4.78, 5) is 2.23. The van der Waals surface area contributed by atoms with E-state index < -0.39 is 0 Å². The summed E-state index contributed by atoms with van der Waals surface area (Å²) in [6, 6.07) is 26.4. The van der Waals surface area contributed by atoms with Crippen molar-refractivity contribution in [3.05, 3.63) is 90.0 Å². The van der Waals surface area contributed by atoms with Gasteiger partial charge in [-0.1, -0.05) is 60.3 Å². The van der Waals surface area contributed by atoms with E-state index in [1.54, 1.807) is 23.9 Å². The maximum Gasteiger partial charge on any atom is 0.116 e. The van der Waals surface area contributed by atoms with Crippen molar-refractivity contribution in [2.24, 2.45) is 0 Å². The standard InChI is InChI=1S/C21H21NOS/c23-19-7-4-8-21(15-19)24-20-11-9-17(10-12-20)13-14-22-16-18-5-2-1-3-6-18/h1-12,15,22-23H,13-14,16H2. The molecule has 0 saturated carbocycles. The van der Waals surface area contributed by atoms with Crippen molar-refractivity contribution >= 4 is 11.8 Å². The van der Waals surface area contributed by atoms with E-state index in [9.17, 15) is 5.11 Å². The van der Waals surface area contributed by atoms with Gasteiger partial charge in [-0.15, -0.1) is 0 Å². The molecule has 3 aromatic carbocycles. The third-order valence-corrected chi connectivity index (χ3v) is 4.74. The fourth-order valence-electron chi connectivity index (χ4n) is 2.47. The molecule has 0 aromatic heterocycles. The summed E-state index contributed by atoms with van der Waals surface area (Å²) in [5.74, 6) is 0.307. The van der Waals surface area contributed by atoms with Crippen molar-refractivity contribution < 1.29 is 5.11 Å². The first kappa shape index (κ1) is 16.6. The van der Waals surface area contributed by atoms with Crippen molar-refractivity contribution in [3.63, 3.8) is 0 Å².